The van der Waals surface area contributed by atoms with E-state index in [2.05, 4.69) is 0 Å². The molecule has 0 heterocycles. The van der Waals surface area contributed by atoms with Gasteiger partial charge in [0.15, 0.2) is 0 Å². The van der Waals surface area contributed by atoms with Crippen molar-refractivity contribution in [2.75, 3.05) is 0 Å². The molecule has 0 aromatic carbocycles. The van der Waals surface area contributed by atoms with E-state index < -0.39 is 0 Å². The van der Waals surface area contributed by atoms with Crippen LogP contribution < -0.4 is 0 Å². The Morgan fingerprint density at radius 1 is 1.25 bits per heavy atom. The summed E-state index contributed by atoms with van der Waals surface area (Å²) in [6, 6.07) is 0. The summed E-state index contributed by atoms with van der Waals surface area (Å²) in [5.74, 6) is 0. The Bertz CT molecular complexity index is 10.8. The van der Waals surface area contributed by atoms with Crippen LogP contribution in [-0.2, 0) is 44.8 Å². The molecule has 0 N–H and O–H groups in total. The summed E-state index contributed by atoms with van der Waals surface area (Å²) < 4.78 is 0. The first kappa shape index (κ1) is 20.2. The number of rotatable bonds is 0. The third-order valence-corrected chi connectivity index (χ3v) is 0. The van der Waals surface area contributed by atoms with Crippen LogP contribution in [0.2, 0.25) is 0 Å². The molecule has 0 aliphatic heterocycles. The molecule has 0 atom stereocenters. The van der Waals surface area contributed by atoms with Crippen LogP contribution in [-0.4, -0.2) is 0 Å². The largest absolute Gasteiger partial charge is 1.00 e. The molecule has 0 amide bonds. The van der Waals surface area contributed by atoms with E-state index in [4.69, 9.17) is 11.8 Å². The van der Waals surface area contributed by atoms with Crippen LogP contribution in [0, 0.1) is 11.8 Å². The Kier molecular flexibility index (Phi) is 188. The van der Waals surface area contributed by atoms with Crippen LogP contribution in [0.4, 0.5) is 0 Å². The Hall–Kier alpha value is 0.971. The average molecular weight is 420 g/mol. The molecular weight excluding hydrogens is 420 g/mol. The minimum atomic E-state index is 0. The molecule has 0 unspecified atom stereocenters. The molecule has 0 spiro atoms. The van der Waals surface area contributed by atoms with Gasteiger partial charge in [-0.1, -0.05) is 0 Å². The van der Waals surface area contributed by atoms with E-state index >= 15 is 0 Å². The molecule has 0 saturated heterocycles. The maximum absolute atomic E-state index is 6.25. The minimum absolute atomic E-state index is 0. The fourth-order valence-electron chi connectivity index (χ4n) is 0. The molecule has 0 aliphatic rings. The van der Waals surface area contributed by atoms with Crippen molar-refractivity contribution in [3.05, 3.63) is 6.57 Å². The first-order valence-electron chi connectivity index (χ1n) is 0.224. The molecule has 1 radical (unpaired) electrons. The minimum Gasteiger partial charge on any atom is -0.512 e. The van der Waals surface area contributed by atoms with Gasteiger partial charge in [-0.3, -0.25) is 0 Å². The Morgan fingerprint density at radius 2 is 1.25 bits per heavy atom. The van der Waals surface area contributed by atoms with Crippen LogP contribution in [0.15, 0.2) is 0 Å². The van der Waals surface area contributed by atoms with Crippen molar-refractivity contribution in [3.63, 3.8) is 0 Å². The van der Waals surface area contributed by atoms with Gasteiger partial charge < -0.3 is 11.8 Å². The van der Waals surface area contributed by atoms with E-state index in [9.17, 15) is 0 Å². The molecule has 0 saturated carbocycles. The number of hydrogen-bond donors (Lipinski definition) is 0. The molecule has 0 fully saturated rings. The smallest absolute Gasteiger partial charge is 0.512 e. The molecule has 0 bridgehead atoms. The fraction of sp³-hybridized carbons (Fsp3) is 0. The van der Waals surface area contributed by atoms with Crippen LogP contribution in [0.25, 0.3) is 0 Å². The van der Waals surface area contributed by atoms with Gasteiger partial charge in [0.25, 0.3) is 0 Å². The van der Waals surface area contributed by atoms with E-state index in [0.29, 0.717) is 0 Å². The SMILES string of the molecule is [Au+].[Au].[C-]#N. The van der Waals surface area contributed by atoms with E-state index in [1.165, 1.54) is 0 Å². The summed E-state index contributed by atoms with van der Waals surface area (Å²) in [4.78, 5) is 0. The first-order chi connectivity index (χ1) is 1.00. The molecular formula is CAu2N. The van der Waals surface area contributed by atoms with Crippen molar-refractivity contribution in [1.29, 1.82) is 5.26 Å². The van der Waals surface area contributed by atoms with Gasteiger partial charge in [-0.15, -0.1) is 0 Å². The van der Waals surface area contributed by atoms with Crippen molar-refractivity contribution in [3.8, 4) is 0 Å². The quantitative estimate of drug-likeness (QED) is 0.403. The summed E-state index contributed by atoms with van der Waals surface area (Å²) in [7, 11) is 0. The molecule has 4 heavy (non-hydrogen) atoms. The summed E-state index contributed by atoms with van der Waals surface area (Å²) in [5, 5.41) is 6.25. The van der Waals surface area contributed by atoms with Crippen molar-refractivity contribution in [2.45, 2.75) is 0 Å². The normalized spacial score (nSPS) is 0.500. The maximum Gasteiger partial charge on any atom is 1.00 e. The summed E-state index contributed by atoms with van der Waals surface area (Å²) in [5.41, 5.74) is 0. The average Bonchev–Trinajstić information content (AvgIpc) is 1.00. The maximum atomic E-state index is 6.25. The third kappa shape index (κ3) is 12.2. The van der Waals surface area contributed by atoms with Crippen LogP contribution in [0.5, 0.6) is 0 Å². The van der Waals surface area contributed by atoms with Crippen LogP contribution >= 0.6 is 0 Å². The van der Waals surface area contributed by atoms with Crippen molar-refractivity contribution in [1.82, 2.24) is 0 Å². The molecule has 0 rings (SSSR count). The van der Waals surface area contributed by atoms with Gasteiger partial charge in [0.2, 0.25) is 0 Å². The zero-order chi connectivity index (χ0) is 2.00. The molecule has 0 aliphatic carbocycles. The Morgan fingerprint density at radius 3 is 1.25 bits per heavy atom. The van der Waals surface area contributed by atoms with E-state index in [1.54, 1.807) is 0 Å². The van der Waals surface area contributed by atoms with E-state index in [0.717, 1.165) is 0 Å². The van der Waals surface area contributed by atoms with Gasteiger partial charge in [-0.2, -0.15) is 0 Å². The zero-order valence-corrected chi connectivity index (χ0v) is 5.88. The topological polar surface area (TPSA) is 23.8 Å². The van der Waals surface area contributed by atoms with Crippen molar-refractivity contribution >= 4 is 0 Å². The second-order valence-corrected chi connectivity index (χ2v) is 0. The Labute approximate surface area is 56.4 Å². The summed E-state index contributed by atoms with van der Waals surface area (Å²) >= 11 is 0. The number of hydrogen-bond acceptors (Lipinski definition) is 1. The van der Waals surface area contributed by atoms with Gasteiger partial charge in [0.1, 0.15) is 0 Å². The summed E-state index contributed by atoms with van der Waals surface area (Å²) in [6.45, 7) is 4.75. The summed E-state index contributed by atoms with van der Waals surface area (Å²) in [6.07, 6.45) is 0. The predicted octanol–water partition coefficient (Wildman–Crippen LogP) is 0.0914. The third-order valence-electron chi connectivity index (χ3n) is 0. The van der Waals surface area contributed by atoms with Gasteiger partial charge >= 0.3 is 22.4 Å². The molecule has 0 aromatic heterocycles. The fourth-order valence-corrected chi connectivity index (χ4v) is 0. The predicted molar refractivity (Wildman–Crippen MR) is 4.97 cm³/mol. The molecule has 31 valence electrons. The zero-order valence-electron chi connectivity index (χ0n) is 1.55. The number of nitrogens with zero attached hydrogens (tertiary/aromatic N) is 1. The van der Waals surface area contributed by atoms with Gasteiger partial charge in [-0.05, 0) is 0 Å². The van der Waals surface area contributed by atoms with Crippen LogP contribution in [0.1, 0.15) is 0 Å². The van der Waals surface area contributed by atoms with Crippen molar-refractivity contribution < 1.29 is 44.8 Å². The first-order valence-corrected chi connectivity index (χ1v) is 0.224. The molecule has 0 aromatic rings. The van der Waals surface area contributed by atoms with Gasteiger partial charge in [0, 0.05) is 22.4 Å². The van der Waals surface area contributed by atoms with Gasteiger partial charge in [0.05, 0.1) is 0 Å². The molecule has 3 heteroatoms. The Balaban J connectivity index is -0.00000000500. The molecule has 1 nitrogen and oxygen atoms in total. The van der Waals surface area contributed by atoms with E-state index in [1.807, 2.05) is 0 Å². The monoisotopic (exact) mass is 420 g/mol. The van der Waals surface area contributed by atoms with Crippen molar-refractivity contribution in [2.24, 2.45) is 0 Å². The van der Waals surface area contributed by atoms with Gasteiger partial charge in [-0.25, -0.2) is 0 Å². The van der Waals surface area contributed by atoms with Crippen LogP contribution in [0.3, 0.4) is 0 Å². The second kappa shape index (κ2) is 37.2. The standard InChI is InChI=1S/CN.2Au/c1-2;;/q-1;;+1. The second-order valence-electron chi connectivity index (χ2n) is 0. The van der Waals surface area contributed by atoms with E-state index in [-0.39, 0.29) is 44.8 Å².